The van der Waals surface area contributed by atoms with Crippen LogP contribution in [0.15, 0.2) is 176 Å². The first kappa shape index (κ1) is 47.2. The van der Waals surface area contributed by atoms with Gasteiger partial charge in [0.15, 0.2) is 0 Å². The van der Waals surface area contributed by atoms with Crippen LogP contribution in [0.5, 0.6) is 0 Å². The fourth-order valence-electron chi connectivity index (χ4n) is 11.2. The lowest BCUT2D eigenvalue weighted by molar-refractivity contribution is 0.443. The van der Waals surface area contributed by atoms with Crippen LogP contribution in [0.25, 0.3) is 55.6 Å². The monoisotopic (exact) mass is 916 g/mol. The molecule has 2 aliphatic rings. The first-order valence-corrected chi connectivity index (χ1v) is 26.1. The second-order valence-electron chi connectivity index (χ2n) is 24.2. The Bertz CT molecular complexity index is 3150. The summed E-state index contributed by atoms with van der Waals surface area (Å²) in [7, 11) is 0. The lowest BCUT2D eigenvalue weighted by Crippen LogP contribution is -2.16. The summed E-state index contributed by atoms with van der Waals surface area (Å²) >= 11 is 0. The third-order valence-electron chi connectivity index (χ3n) is 15.7. The molecular formula is C69H73N. The molecule has 0 amide bonds. The third-order valence-corrected chi connectivity index (χ3v) is 15.7. The molecule has 8 aromatic rings. The molecule has 0 heterocycles. The molecule has 1 fully saturated rings. The summed E-state index contributed by atoms with van der Waals surface area (Å²) in [6.07, 6.45) is 6.70. The van der Waals surface area contributed by atoms with E-state index in [1.54, 1.807) is 0 Å². The minimum absolute atomic E-state index is 0.0112. The first-order valence-electron chi connectivity index (χ1n) is 26.1. The second-order valence-corrected chi connectivity index (χ2v) is 24.2. The molecule has 0 unspecified atom stereocenters. The van der Waals surface area contributed by atoms with E-state index in [1.165, 1.54) is 121 Å². The third kappa shape index (κ3) is 9.33. The fraction of sp³-hybridized carbons (Fsp3) is 0.304. The SMILES string of the molecule is CC(C)(C)c1cc(-c2ccc(-c3cccc(N(c4cccc(-c5ccc(C6CCCCC6)cc5)c4)c4ccc5c(c4)C(C)(C)c4ccccc4-5)c3)cc2)cc(-c2cc(C(C)(C)C)cc(C(C)(C)C)c2)c1. The van der Waals surface area contributed by atoms with Gasteiger partial charge in [-0.15, -0.1) is 0 Å². The molecule has 70 heavy (non-hydrogen) atoms. The normalized spacial score (nSPS) is 14.8. The average molecular weight is 916 g/mol. The summed E-state index contributed by atoms with van der Waals surface area (Å²) < 4.78 is 0. The molecule has 8 aromatic carbocycles. The zero-order chi connectivity index (χ0) is 49.2. The van der Waals surface area contributed by atoms with Crippen molar-refractivity contribution in [2.24, 2.45) is 0 Å². The molecule has 0 radical (unpaired) electrons. The maximum atomic E-state index is 2.47. The zero-order valence-corrected chi connectivity index (χ0v) is 43.8. The van der Waals surface area contributed by atoms with Crippen molar-refractivity contribution in [3.63, 3.8) is 0 Å². The van der Waals surface area contributed by atoms with E-state index < -0.39 is 0 Å². The molecule has 0 bridgehead atoms. The van der Waals surface area contributed by atoms with Gasteiger partial charge in [0, 0.05) is 22.5 Å². The van der Waals surface area contributed by atoms with Gasteiger partial charge in [-0.05, 0) is 166 Å². The van der Waals surface area contributed by atoms with Crippen LogP contribution >= 0.6 is 0 Å². The van der Waals surface area contributed by atoms with E-state index in [1.807, 2.05) is 0 Å². The molecule has 0 aromatic heterocycles. The van der Waals surface area contributed by atoms with Gasteiger partial charge in [-0.2, -0.15) is 0 Å². The molecular weight excluding hydrogens is 843 g/mol. The minimum atomic E-state index is -0.113. The van der Waals surface area contributed by atoms with Crippen LogP contribution in [0.4, 0.5) is 17.1 Å². The largest absolute Gasteiger partial charge is 0.310 e. The zero-order valence-electron chi connectivity index (χ0n) is 43.8. The van der Waals surface area contributed by atoms with E-state index in [-0.39, 0.29) is 21.7 Å². The van der Waals surface area contributed by atoms with Crippen molar-refractivity contribution < 1.29 is 0 Å². The molecule has 1 saturated carbocycles. The predicted molar refractivity (Wildman–Crippen MR) is 302 cm³/mol. The summed E-state index contributed by atoms with van der Waals surface area (Å²) in [6, 6.07) is 67.6. The Morgan fingerprint density at radius 2 is 0.800 bits per heavy atom. The Balaban J connectivity index is 1.03. The number of nitrogens with zero attached hydrogens (tertiary/aromatic N) is 1. The number of fused-ring (bicyclic) bond motifs is 3. The van der Waals surface area contributed by atoms with E-state index in [2.05, 4.69) is 257 Å². The number of benzene rings is 8. The Labute approximate surface area is 420 Å². The standard InChI is InChI=1S/C69H73N/c1-66(2,3)56-38-53(37-54(39-56)55-40-57(67(4,5)6)44-58(41-55)68(7,8)9)50-33-31-49(32-34-50)52-22-18-24-60(43-52)70(61-35-36-63-62-25-15-16-26-64(62)69(10,11)65(63)45-61)59-23-17-21-51(42-59)48-29-27-47(28-30-48)46-19-13-12-14-20-46/h15-18,21-46H,12-14,19-20H2,1-11H3. The highest BCUT2D eigenvalue weighted by molar-refractivity contribution is 5.88. The number of anilines is 3. The van der Waals surface area contributed by atoms with Gasteiger partial charge in [0.2, 0.25) is 0 Å². The summed E-state index contributed by atoms with van der Waals surface area (Å²) in [5.41, 5.74) is 24.3. The molecule has 0 atom stereocenters. The highest BCUT2D eigenvalue weighted by Gasteiger charge is 2.36. The Morgan fingerprint density at radius 1 is 0.357 bits per heavy atom. The van der Waals surface area contributed by atoms with Crippen molar-refractivity contribution in [1.82, 2.24) is 0 Å². The molecule has 354 valence electrons. The first-order chi connectivity index (χ1) is 33.3. The maximum absolute atomic E-state index is 2.47. The van der Waals surface area contributed by atoms with Gasteiger partial charge in [0.25, 0.3) is 0 Å². The van der Waals surface area contributed by atoms with Crippen LogP contribution in [0.2, 0.25) is 0 Å². The maximum Gasteiger partial charge on any atom is 0.0467 e. The molecule has 0 saturated heterocycles. The van der Waals surface area contributed by atoms with Crippen molar-refractivity contribution >= 4 is 17.1 Å². The smallest absolute Gasteiger partial charge is 0.0467 e. The predicted octanol–water partition coefficient (Wildman–Crippen LogP) is 20.1. The van der Waals surface area contributed by atoms with Crippen molar-refractivity contribution in [2.45, 2.75) is 136 Å². The van der Waals surface area contributed by atoms with Crippen molar-refractivity contribution in [2.75, 3.05) is 4.90 Å². The average Bonchev–Trinajstić information content (AvgIpc) is 3.58. The fourth-order valence-corrected chi connectivity index (χ4v) is 11.2. The number of hydrogen-bond donors (Lipinski definition) is 0. The van der Waals surface area contributed by atoms with Crippen LogP contribution in [-0.2, 0) is 21.7 Å². The molecule has 0 spiro atoms. The highest BCUT2D eigenvalue weighted by Crippen LogP contribution is 2.51. The van der Waals surface area contributed by atoms with Gasteiger partial charge in [-0.25, -0.2) is 0 Å². The van der Waals surface area contributed by atoms with Gasteiger partial charge in [-0.1, -0.05) is 229 Å². The van der Waals surface area contributed by atoms with Crippen LogP contribution in [0, 0.1) is 0 Å². The molecule has 0 N–H and O–H groups in total. The number of rotatable bonds is 8. The quantitative estimate of drug-likeness (QED) is 0.147. The topological polar surface area (TPSA) is 3.24 Å². The van der Waals surface area contributed by atoms with Crippen molar-refractivity contribution in [3.05, 3.63) is 209 Å². The molecule has 1 heteroatoms. The highest BCUT2D eigenvalue weighted by atomic mass is 15.1. The van der Waals surface area contributed by atoms with E-state index in [0.717, 1.165) is 17.1 Å². The van der Waals surface area contributed by atoms with Gasteiger partial charge in [0.05, 0.1) is 0 Å². The Morgan fingerprint density at radius 3 is 1.34 bits per heavy atom. The van der Waals surface area contributed by atoms with Crippen LogP contribution in [0.1, 0.15) is 148 Å². The van der Waals surface area contributed by atoms with Gasteiger partial charge in [0.1, 0.15) is 0 Å². The van der Waals surface area contributed by atoms with E-state index in [9.17, 15) is 0 Å². The summed E-state index contributed by atoms with van der Waals surface area (Å²) in [5.74, 6) is 0.694. The Hall–Kier alpha value is -6.44. The lowest BCUT2D eigenvalue weighted by atomic mass is 9.78. The summed E-state index contributed by atoms with van der Waals surface area (Å²) in [5, 5.41) is 0. The summed E-state index contributed by atoms with van der Waals surface area (Å²) in [6.45, 7) is 25.7. The lowest BCUT2D eigenvalue weighted by Gasteiger charge is -2.29. The molecule has 0 aliphatic heterocycles. The van der Waals surface area contributed by atoms with Crippen molar-refractivity contribution in [1.29, 1.82) is 0 Å². The van der Waals surface area contributed by atoms with E-state index in [4.69, 9.17) is 0 Å². The van der Waals surface area contributed by atoms with E-state index >= 15 is 0 Å². The van der Waals surface area contributed by atoms with Crippen LogP contribution in [0.3, 0.4) is 0 Å². The van der Waals surface area contributed by atoms with Crippen molar-refractivity contribution in [3.8, 4) is 55.6 Å². The minimum Gasteiger partial charge on any atom is -0.310 e. The molecule has 1 nitrogen and oxygen atoms in total. The van der Waals surface area contributed by atoms with E-state index in [0.29, 0.717) is 5.92 Å². The summed E-state index contributed by atoms with van der Waals surface area (Å²) in [4.78, 5) is 2.47. The van der Waals surface area contributed by atoms with Crippen LogP contribution in [-0.4, -0.2) is 0 Å². The Kier molecular flexibility index (Phi) is 12.2. The molecule has 10 rings (SSSR count). The second kappa shape index (κ2) is 18.1. The van der Waals surface area contributed by atoms with Gasteiger partial charge in [-0.3, -0.25) is 0 Å². The number of hydrogen-bond acceptors (Lipinski definition) is 1. The van der Waals surface area contributed by atoms with Gasteiger partial charge < -0.3 is 4.90 Å². The molecule has 2 aliphatic carbocycles. The van der Waals surface area contributed by atoms with Gasteiger partial charge >= 0.3 is 0 Å². The van der Waals surface area contributed by atoms with Crippen LogP contribution < -0.4 is 4.90 Å².